The molecule has 2 aliphatic heterocycles. The molecule has 0 aromatic carbocycles. The molecule has 6 nitrogen and oxygen atoms in total. The lowest BCUT2D eigenvalue weighted by Crippen LogP contribution is -2.49. The lowest BCUT2D eigenvalue weighted by atomic mass is 10.2. The van der Waals surface area contributed by atoms with E-state index in [0.29, 0.717) is 37.1 Å². The van der Waals surface area contributed by atoms with Gasteiger partial charge in [-0.1, -0.05) is 19.0 Å². The number of morpholine rings is 1. The van der Waals surface area contributed by atoms with E-state index in [-0.39, 0.29) is 18.4 Å². The molecule has 1 atom stereocenters. The fourth-order valence-electron chi connectivity index (χ4n) is 2.21. The van der Waals surface area contributed by atoms with Gasteiger partial charge in [0.1, 0.15) is 10.7 Å². The molecule has 0 unspecified atom stereocenters. The number of fused-ring (bicyclic) bond motifs is 3. The first-order valence-electron chi connectivity index (χ1n) is 5.57. The third kappa shape index (κ3) is 2.55. The topological polar surface area (TPSA) is 71.5 Å². The second-order valence-corrected chi connectivity index (χ2v) is 6.42. The zero-order chi connectivity index (χ0) is 12.8. The molecule has 1 fully saturated rings. The molecule has 0 aliphatic carbocycles. The minimum Gasteiger partial charge on any atom is -0.377 e. The van der Waals surface area contributed by atoms with Crippen molar-refractivity contribution in [3.63, 3.8) is 0 Å². The average molecular weight is 306 g/mol. The number of sulfonamides is 1. The first kappa shape index (κ1) is 14.5. The molecule has 1 N–H and O–H groups in total. The van der Waals surface area contributed by atoms with Gasteiger partial charge in [-0.05, 0) is 6.07 Å². The van der Waals surface area contributed by atoms with Gasteiger partial charge in [-0.15, -0.1) is 0 Å². The Balaban J connectivity index is 0.00000133. The molecule has 3 rings (SSSR count). The van der Waals surface area contributed by atoms with Crippen molar-refractivity contribution in [2.75, 3.05) is 31.2 Å². The maximum Gasteiger partial charge on any atom is 0.244 e. The van der Waals surface area contributed by atoms with E-state index in [1.54, 1.807) is 0 Å². The van der Waals surface area contributed by atoms with Crippen molar-refractivity contribution in [3.8, 4) is 0 Å². The van der Waals surface area contributed by atoms with Crippen LogP contribution in [0.3, 0.4) is 0 Å². The van der Waals surface area contributed by atoms with E-state index >= 15 is 0 Å². The first-order valence-corrected chi connectivity index (χ1v) is 7.43. The molecule has 0 spiro atoms. The largest absolute Gasteiger partial charge is 0.377 e. The molecule has 1 saturated heterocycles. The minimum atomic E-state index is -3.55. The van der Waals surface area contributed by atoms with Gasteiger partial charge in [0, 0.05) is 19.3 Å². The third-order valence-corrected chi connectivity index (χ3v) is 4.73. The van der Waals surface area contributed by atoms with Crippen LogP contribution in [0.15, 0.2) is 17.2 Å². The second-order valence-electron chi connectivity index (χ2n) is 4.25. The highest BCUT2D eigenvalue weighted by atomic mass is 35.5. The van der Waals surface area contributed by atoms with Gasteiger partial charge in [-0.25, -0.2) is 18.1 Å². The van der Waals surface area contributed by atoms with Crippen molar-refractivity contribution >= 4 is 27.4 Å². The molecule has 2 aliphatic rings. The number of nitrogens with one attached hydrogen (secondary N) is 1. The maximum atomic E-state index is 12.1. The molecule has 1 aromatic rings. The van der Waals surface area contributed by atoms with E-state index in [9.17, 15) is 8.42 Å². The van der Waals surface area contributed by atoms with E-state index in [0.717, 1.165) is 0 Å². The van der Waals surface area contributed by atoms with Crippen LogP contribution in [0.1, 0.15) is 7.43 Å². The van der Waals surface area contributed by atoms with Crippen molar-refractivity contribution in [3.05, 3.63) is 17.3 Å². The fourth-order valence-corrected chi connectivity index (χ4v) is 3.70. The number of anilines is 1. The van der Waals surface area contributed by atoms with Crippen molar-refractivity contribution in [2.24, 2.45) is 0 Å². The molecule has 0 radical (unpaired) electrons. The monoisotopic (exact) mass is 305 g/mol. The summed E-state index contributed by atoms with van der Waals surface area (Å²) in [6.45, 7) is 2.01. The SMILES string of the molecule is C.O=S1(=O)NC[C@H]2COCCN2c2ncc(Cl)cc21. The standard InChI is InChI=1S/C10H12ClN3O3S.CH4/c11-7-3-9-10(12-4-7)14-1-2-17-6-8(14)5-13-18(9,15)16;/h3-4,8,13H,1-2,5-6H2;1H4/t8-;/m0./s1. The van der Waals surface area contributed by atoms with Crippen molar-refractivity contribution in [1.82, 2.24) is 9.71 Å². The Morgan fingerprint density at radius 3 is 3.11 bits per heavy atom. The lowest BCUT2D eigenvalue weighted by molar-refractivity contribution is 0.0950. The third-order valence-electron chi connectivity index (χ3n) is 3.10. The van der Waals surface area contributed by atoms with E-state index in [2.05, 4.69) is 9.71 Å². The molecular formula is C11H16ClN3O3S. The van der Waals surface area contributed by atoms with Crippen LogP contribution in [-0.4, -0.2) is 45.7 Å². The predicted molar refractivity (Wildman–Crippen MR) is 73.1 cm³/mol. The molecule has 0 saturated carbocycles. The van der Waals surface area contributed by atoms with Gasteiger partial charge >= 0.3 is 0 Å². The first-order chi connectivity index (χ1) is 8.58. The van der Waals surface area contributed by atoms with Gasteiger partial charge in [0.15, 0.2) is 0 Å². The number of pyridine rings is 1. The highest BCUT2D eigenvalue weighted by molar-refractivity contribution is 7.89. The molecular weight excluding hydrogens is 290 g/mol. The van der Waals surface area contributed by atoms with E-state index in [1.807, 2.05) is 4.90 Å². The minimum absolute atomic E-state index is 0. The van der Waals surface area contributed by atoms with Crippen LogP contribution < -0.4 is 9.62 Å². The normalized spacial score (nSPS) is 24.7. The van der Waals surface area contributed by atoms with Gasteiger partial charge in [0.25, 0.3) is 0 Å². The maximum absolute atomic E-state index is 12.1. The Morgan fingerprint density at radius 1 is 1.53 bits per heavy atom. The Bertz CT molecular complexity index is 579. The Labute approximate surface area is 117 Å². The molecule has 106 valence electrons. The van der Waals surface area contributed by atoms with Gasteiger partial charge in [-0.2, -0.15) is 0 Å². The lowest BCUT2D eigenvalue weighted by Gasteiger charge is -2.35. The van der Waals surface area contributed by atoms with Gasteiger partial charge in [0.2, 0.25) is 10.0 Å². The van der Waals surface area contributed by atoms with Gasteiger partial charge in [-0.3, -0.25) is 0 Å². The predicted octanol–water partition coefficient (Wildman–Crippen LogP) is 0.868. The molecule has 19 heavy (non-hydrogen) atoms. The average Bonchev–Trinajstić information content (AvgIpc) is 2.46. The Morgan fingerprint density at radius 2 is 2.32 bits per heavy atom. The molecule has 8 heteroatoms. The van der Waals surface area contributed by atoms with Crippen LogP contribution >= 0.6 is 11.6 Å². The van der Waals surface area contributed by atoms with Crippen LogP contribution in [-0.2, 0) is 14.8 Å². The summed E-state index contributed by atoms with van der Waals surface area (Å²) >= 11 is 5.83. The van der Waals surface area contributed by atoms with Crippen LogP contribution in [0.2, 0.25) is 5.02 Å². The van der Waals surface area contributed by atoms with Crippen molar-refractivity contribution in [1.29, 1.82) is 0 Å². The Hall–Kier alpha value is -0.890. The summed E-state index contributed by atoms with van der Waals surface area (Å²) in [4.78, 5) is 6.28. The summed E-state index contributed by atoms with van der Waals surface area (Å²) in [7, 11) is -3.55. The molecule has 1 aromatic heterocycles. The van der Waals surface area contributed by atoms with Crippen LogP contribution in [0, 0.1) is 0 Å². The molecule has 3 heterocycles. The fraction of sp³-hybridized carbons (Fsp3) is 0.545. The van der Waals surface area contributed by atoms with Crippen LogP contribution in [0.25, 0.3) is 0 Å². The van der Waals surface area contributed by atoms with E-state index < -0.39 is 10.0 Å². The summed E-state index contributed by atoms with van der Waals surface area (Å²) in [5.41, 5.74) is 0. The highest BCUT2D eigenvalue weighted by Gasteiger charge is 2.34. The summed E-state index contributed by atoms with van der Waals surface area (Å²) in [5.74, 6) is 0.456. The smallest absolute Gasteiger partial charge is 0.244 e. The van der Waals surface area contributed by atoms with E-state index in [1.165, 1.54) is 12.3 Å². The number of ether oxygens (including phenoxy) is 1. The zero-order valence-corrected chi connectivity index (χ0v) is 11.0. The van der Waals surface area contributed by atoms with Crippen molar-refractivity contribution < 1.29 is 13.2 Å². The number of nitrogens with zero attached hydrogens (tertiary/aromatic N) is 2. The van der Waals surface area contributed by atoms with Crippen molar-refractivity contribution in [2.45, 2.75) is 18.4 Å². The highest BCUT2D eigenvalue weighted by Crippen LogP contribution is 2.30. The zero-order valence-electron chi connectivity index (χ0n) is 9.47. The second kappa shape index (κ2) is 5.24. The number of hydrogen-bond donors (Lipinski definition) is 1. The summed E-state index contributed by atoms with van der Waals surface area (Å²) < 4.78 is 32.1. The van der Waals surface area contributed by atoms with Crippen LogP contribution in [0.5, 0.6) is 0 Å². The number of halogens is 1. The molecule has 0 amide bonds. The number of aromatic nitrogens is 1. The van der Waals surface area contributed by atoms with Crippen LogP contribution in [0.4, 0.5) is 5.82 Å². The van der Waals surface area contributed by atoms with Gasteiger partial charge in [0.05, 0.1) is 24.3 Å². The van der Waals surface area contributed by atoms with E-state index in [4.69, 9.17) is 16.3 Å². The summed E-state index contributed by atoms with van der Waals surface area (Å²) in [5, 5.41) is 0.311. The number of rotatable bonds is 0. The summed E-state index contributed by atoms with van der Waals surface area (Å²) in [6, 6.07) is 1.41. The Kier molecular flexibility index (Phi) is 4.00. The number of hydrogen-bond acceptors (Lipinski definition) is 5. The molecule has 0 bridgehead atoms. The summed E-state index contributed by atoms with van der Waals surface area (Å²) in [6.07, 6.45) is 1.47. The quantitative estimate of drug-likeness (QED) is 0.770. The van der Waals surface area contributed by atoms with Gasteiger partial charge < -0.3 is 9.64 Å².